The molecule has 1 aromatic carbocycles. The molecule has 2 unspecified atom stereocenters. The van der Waals surface area contributed by atoms with Gasteiger partial charge in [-0.3, -0.25) is 9.69 Å². The van der Waals surface area contributed by atoms with Crippen molar-refractivity contribution in [3.05, 3.63) is 35.9 Å². The highest BCUT2D eigenvalue weighted by Gasteiger charge is 2.23. The molecule has 2 rings (SSSR count). The first-order valence-electron chi connectivity index (χ1n) is 7.20. The lowest BCUT2D eigenvalue weighted by Gasteiger charge is -2.33. The van der Waals surface area contributed by atoms with Crippen LogP contribution in [0.25, 0.3) is 0 Å². The van der Waals surface area contributed by atoms with Gasteiger partial charge in [0.05, 0.1) is 0 Å². The molecule has 19 heavy (non-hydrogen) atoms. The van der Waals surface area contributed by atoms with Crippen molar-refractivity contribution in [3.63, 3.8) is 0 Å². The van der Waals surface area contributed by atoms with Crippen molar-refractivity contribution < 1.29 is 4.79 Å². The van der Waals surface area contributed by atoms with Crippen LogP contribution in [0.5, 0.6) is 0 Å². The average Bonchev–Trinajstić information content (AvgIpc) is 2.40. The van der Waals surface area contributed by atoms with E-state index in [1.165, 1.54) is 18.4 Å². The van der Waals surface area contributed by atoms with Crippen LogP contribution >= 0.6 is 0 Å². The molecule has 1 heterocycles. The zero-order chi connectivity index (χ0) is 13.7. The molecule has 1 aliphatic heterocycles. The third kappa shape index (κ3) is 4.35. The first-order valence-corrected chi connectivity index (χ1v) is 7.20. The Labute approximate surface area is 115 Å². The Morgan fingerprint density at radius 3 is 2.84 bits per heavy atom. The van der Waals surface area contributed by atoms with E-state index in [-0.39, 0.29) is 11.8 Å². The van der Waals surface area contributed by atoms with Crippen LogP contribution in [-0.4, -0.2) is 23.9 Å². The molecule has 104 valence electrons. The van der Waals surface area contributed by atoms with E-state index >= 15 is 0 Å². The number of carbonyl (C=O) groups excluding carboxylic acids is 1. The number of nitrogens with two attached hydrogens (primary N) is 1. The fourth-order valence-electron chi connectivity index (χ4n) is 2.95. The molecule has 2 atom stereocenters. The second kappa shape index (κ2) is 6.71. The predicted molar refractivity (Wildman–Crippen MR) is 77.4 cm³/mol. The number of rotatable bonds is 5. The van der Waals surface area contributed by atoms with E-state index in [4.69, 9.17) is 5.73 Å². The highest BCUT2D eigenvalue weighted by atomic mass is 16.1. The number of hydrogen-bond donors (Lipinski definition) is 1. The second-order valence-electron chi connectivity index (χ2n) is 5.77. The van der Waals surface area contributed by atoms with Gasteiger partial charge in [0.2, 0.25) is 5.91 Å². The van der Waals surface area contributed by atoms with Crippen molar-refractivity contribution in [2.24, 2.45) is 17.6 Å². The summed E-state index contributed by atoms with van der Waals surface area (Å²) in [5.41, 5.74) is 6.73. The molecule has 1 aliphatic rings. The van der Waals surface area contributed by atoms with Crippen LogP contribution in [0.3, 0.4) is 0 Å². The van der Waals surface area contributed by atoms with Crippen molar-refractivity contribution in [1.29, 1.82) is 0 Å². The zero-order valence-corrected chi connectivity index (χ0v) is 11.7. The van der Waals surface area contributed by atoms with E-state index in [9.17, 15) is 4.79 Å². The minimum atomic E-state index is -0.166. The Morgan fingerprint density at radius 2 is 2.16 bits per heavy atom. The van der Waals surface area contributed by atoms with Crippen molar-refractivity contribution >= 4 is 5.91 Å². The third-order valence-electron chi connectivity index (χ3n) is 4.02. The molecule has 0 bridgehead atoms. The van der Waals surface area contributed by atoms with Gasteiger partial charge < -0.3 is 5.73 Å². The minimum Gasteiger partial charge on any atom is -0.369 e. The molecule has 1 saturated heterocycles. The summed E-state index contributed by atoms with van der Waals surface area (Å²) in [5, 5.41) is 0. The molecule has 0 aromatic heterocycles. The molecule has 0 aliphatic carbocycles. The molecule has 0 radical (unpaired) electrons. The SMILES string of the molecule is CC(CC1CCCN(Cc2ccccc2)C1)C(N)=O. The van der Waals surface area contributed by atoms with Gasteiger partial charge in [-0.15, -0.1) is 0 Å². The summed E-state index contributed by atoms with van der Waals surface area (Å²) in [4.78, 5) is 13.7. The molecular formula is C16H24N2O. The maximum absolute atomic E-state index is 11.2. The number of piperidine rings is 1. The van der Waals surface area contributed by atoms with E-state index in [0.29, 0.717) is 5.92 Å². The number of primary amides is 1. The van der Waals surface area contributed by atoms with Crippen LogP contribution in [-0.2, 0) is 11.3 Å². The van der Waals surface area contributed by atoms with E-state index in [1.807, 2.05) is 6.92 Å². The van der Waals surface area contributed by atoms with Gasteiger partial charge in [-0.1, -0.05) is 37.3 Å². The van der Waals surface area contributed by atoms with Crippen LogP contribution in [0.1, 0.15) is 31.7 Å². The molecule has 3 nitrogen and oxygen atoms in total. The first kappa shape index (κ1) is 14.1. The van der Waals surface area contributed by atoms with Crippen LogP contribution in [0.2, 0.25) is 0 Å². The van der Waals surface area contributed by atoms with Gasteiger partial charge in [-0.05, 0) is 37.3 Å². The van der Waals surface area contributed by atoms with Gasteiger partial charge in [0.1, 0.15) is 0 Å². The Bertz CT molecular complexity index is 404. The summed E-state index contributed by atoms with van der Waals surface area (Å²) in [6, 6.07) is 10.6. The summed E-state index contributed by atoms with van der Waals surface area (Å²) >= 11 is 0. The molecule has 1 fully saturated rings. The molecule has 0 spiro atoms. The van der Waals surface area contributed by atoms with Gasteiger partial charge in [0, 0.05) is 19.0 Å². The standard InChI is InChI=1S/C16H24N2O/c1-13(16(17)19)10-15-8-5-9-18(12-15)11-14-6-3-2-4-7-14/h2-4,6-7,13,15H,5,8-12H2,1H3,(H2,17,19). The molecule has 2 N–H and O–H groups in total. The zero-order valence-electron chi connectivity index (χ0n) is 11.7. The van der Waals surface area contributed by atoms with Gasteiger partial charge >= 0.3 is 0 Å². The summed E-state index contributed by atoms with van der Waals surface area (Å²) in [6.07, 6.45) is 3.38. The average molecular weight is 260 g/mol. The first-order chi connectivity index (χ1) is 9.15. The molecule has 1 aromatic rings. The molecular weight excluding hydrogens is 236 g/mol. The number of hydrogen-bond acceptors (Lipinski definition) is 2. The summed E-state index contributed by atoms with van der Waals surface area (Å²) in [5.74, 6) is 0.446. The quantitative estimate of drug-likeness (QED) is 0.883. The van der Waals surface area contributed by atoms with Gasteiger partial charge in [0.25, 0.3) is 0 Å². The van der Waals surface area contributed by atoms with Gasteiger partial charge in [0.15, 0.2) is 0 Å². The Hall–Kier alpha value is -1.35. The largest absolute Gasteiger partial charge is 0.369 e. The lowest BCUT2D eigenvalue weighted by atomic mass is 9.88. The predicted octanol–water partition coefficient (Wildman–Crippen LogP) is 2.41. The normalized spacial score (nSPS) is 22.1. The number of amides is 1. The van der Waals surface area contributed by atoms with Crippen molar-refractivity contribution in [3.8, 4) is 0 Å². The fourth-order valence-corrected chi connectivity index (χ4v) is 2.95. The molecule has 0 saturated carbocycles. The van der Waals surface area contributed by atoms with Crippen molar-refractivity contribution in [1.82, 2.24) is 4.90 Å². The smallest absolute Gasteiger partial charge is 0.220 e. The van der Waals surface area contributed by atoms with E-state index < -0.39 is 0 Å². The van der Waals surface area contributed by atoms with E-state index in [2.05, 4.69) is 35.2 Å². The van der Waals surface area contributed by atoms with E-state index in [1.54, 1.807) is 0 Å². The van der Waals surface area contributed by atoms with Crippen molar-refractivity contribution in [2.45, 2.75) is 32.7 Å². The molecule has 3 heteroatoms. The van der Waals surface area contributed by atoms with Crippen LogP contribution in [0, 0.1) is 11.8 Å². The topological polar surface area (TPSA) is 46.3 Å². The summed E-state index contributed by atoms with van der Waals surface area (Å²) < 4.78 is 0. The third-order valence-corrected chi connectivity index (χ3v) is 4.02. The van der Waals surface area contributed by atoms with Crippen LogP contribution in [0.15, 0.2) is 30.3 Å². The van der Waals surface area contributed by atoms with Gasteiger partial charge in [-0.2, -0.15) is 0 Å². The Morgan fingerprint density at radius 1 is 1.42 bits per heavy atom. The summed E-state index contributed by atoms with van der Waals surface area (Å²) in [7, 11) is 0. The number of nitrogens with zero attached hydrogens (tertiary/aromatic N) is 1. The van der Waals surface area contributed by atoms with E-state index in [0.717, 1.165) is 26.1 Å². The summed E-state index contributed by atoms with van der Waals surface area (Å²) in [6.45, 7) is 5.21. The second-order valence-corrected chi connectivity index (χ2v) is 5.77. The Balaban J connectivity index is 1.85. The maximum atomic E-state index is 11.2. The van der Waals surface area contributed by atoms with Crippen molar-refractivity contribution in [2.75, 3.05) is 13.1 Å². The number of likely N-dealkylation sites (tertiary alicyclic amines) is 1. The maximum Gasteiger partial charge on any atom is 0.220 e. The number of benzene rings is 1. The Kier molecular flexibility index (Phi) is 4.97. The van der Waals surface area contributed by atoms with Gasteiger partial charge in [-0.25, -0.2) is 0 Å². The fraction of sp³-hybridized carbons (Fsp3) is 0.562. The molecule has 1 amide bonds. The highest BCUT2D eigenvalue weighted by Crippen LogP contribution is 2.24. The van der Waals surface area contributed by atoms with Crippen LogP contribution < -0.4 is 5.73 Å². The lowest BCUT2D eigenvalue weighted by Crippen LogP contribution is -2.36. The highest BCUT2D eigenvalue weighted by molar-refractivity contribution is 5.76. The number of carbonyl (C=O) groups is 1. The monoisotopic (exact) mass is 260 g/mol. The lowest BCUT2D eigenvalue weighted by molar-refractivity contribution is -0.121. The minimum absolute atomic E-state index is 0.00155. The van der Waals surface area contributed by atoms with Crippen LogP contribution in [0.4, 0.5) is 0 Å².